The van der Waals surface area contributed by atoms with E-state index in [0.29, 0.717) is 23.7 Å². The average molecular weight is 336 g/mol. The SMILES string of the molecule is COCCCNC(=O)Cn1c(-c2ccc(OC)cc2)n[nH]c1=S. The number of H-pyrrole nitrogens is 1. The van der Waals surface area contributed by atoms with E-state index in [1.54, 1.807) is 18.8 Å². The number of amides is 1. The van der Waals surface area contributed by atoms with Crippen LogP contribution in [0.5, 0.6) is 5.75 Å². The third-order valence-electron chi connectivity index (χ3n) is 3.26. The molecule has 0 bridgehead atoms. The topological polar surface area (TPSA) is 81.2 Å². The molecule has 8 heteroatoms. The van der Waals surface area contributed by atoms with Crippen LogP contribution in [0.3, 0.4) is 0 Å². The Kier molecular flexibility index (Phi) is 6.30. The van der Waals surface area contributed by atoms with Crippen LogP contribution >= 0.6 is 12.2 Å². The van der Waals surface area contributed by atoms with Gasteiger partial charge in [0.1, 0.15) is 12.3 Å². The summed E-state index contributed by atoms with van der Waals surface area (Å²) in [6.45, 7) is 1.29. The van der Waals surface area contributed by atoms with Gasteiger partial charge < -0.3 is 14.8 Å². The molecule has 0 aliphatic heterocycles. The number of nitrogens with zero attached hydrogens (tertiary/aromatic N) is 2. The van der Waals surface area contributed by atoms with Gasteiger partial charge in [-0.15, -0.1) is 0 Å². The van der Waals surface area contributed by atoms with Crippen LogP contribution in [0.2, 0.25) is 0 Å². The van der Waals surface area contributed by atoms with E-state index < -0.39 is 0 Å². The van der Waals surface area contributed by atoms with Crippen LogP contribution in [0.4, 0.5) is 0 Å². The predicted octanol–water partition coefficient (Wildman–Crippen LogP) is 1.77. The fourth-order valence-corrected chi connectivity index (χ4v) is 2.27. The number of ether oxygens (including phenoxy) is 2. The van der Waals surface area contributed by atoms with Gasteiger partial charge in [0.2, 0.25) is 5.91 Å². The van der Waals surface area contributed by atoms with E-state index >= 15 is 0 Å². The molecule has 0 unspecified atom stereocenters. The number of benzene rings is 1. The zero-order valence-corrected chi connectivity index (χ0v) is 14.0. The molecule has 124 valence electrons. The summed E-state index contributed by atoms with van der Waals surface area (Å²) in [5.41, 5.74) is 0.852. The standard InChI is InChI=1S/C15H20N4O3S/c1-21-9-3-8-16-13(20)10-19-14(17-18-15(19)23)11-4-6-12(22-2)7-5-11/h4-7H,3,8-10H2,1-2H3,(H,16,20)(H,18,23). The Labute approximate surface area is 139 Å². The number of hydrogen-bond donors (Lipinski definition) is 2. The molecule has 1 amide bonds. The lowest BCUT2D eigenvalue weighted by molar-refractivity contribution is -0.121. The molecule has 0 aliphatic rings. The number of carbonyl (C=O) groups is 1. The van der Waals surface area contributed by atoms with Crippen LogP contribution in [-0.2, 0) is 16.1 Å². The molecule has 0 fully saturated rings. The van der Waals surface area contributed by atoms with E-state index in [9.17, 15) is 4.79 Å². The number of aromatic nitrogens is 3. The molecule has 0 spiro atoms. The Morgan fingerprint density at radius 2 is 2.09 bits per heavy atom. The van der Waals surface area contributed by atoms with Gasteiger partial charge in [0.15, 0.2) is 10.6 Å². The Bertz CT molecular complexity index is 693. The van der Waals surface area contributed by atoms with E-state index in [1.807, 2.05) is 24.3 Å². The third kappa shape index (κ3) is 4.64. The summed E-state index contributed by atoms with van der Waals surface area (Å²) in [5, 5.41) is 9.77. The van der Waals surface area contributed by atoms with Crippen molar-refractivity contribution in [3.63, 3.8) is 0 Å². The lowest BCUT2D eigenvalue weighted by Gasteiger charge is -2.08. The second kappa shape index (κ2) is 8.44. The van der Waals surface area contributed by atoms with Gasteiger partial charge in [0.05, 0.1) is 7.11 Å². The van der Waals surface area contributed by atoms with Gasteiger partial charge in [-0.1, -0.05) is 0 Å². The molecule has 7 nitrogen and oxygen atoms in total. The number of nitrogens with one attached hydrogen (secondary N) is 2. The maximum Gasteiger partial charge on any atom is 0.240 e. The van der Waals surface area contributed by atoms with Crippen LogP contribution in [-0.4, -0.2) is 48.0 Å². The van der Waals surface area contributed by atoms with Crippen LogP contribution in [0.25, 0.3) is 11.4 Å². The van der Waals surface area contributed by atoms with Gasteiger partial charge in [0, 0.05) is 25.8 Å². The lowest BCUT2D eigenvalue weighted by atomic mass is 10.2. The van der Waals surface area contributed by atoms with Crippen LogP contribution in [0.1, 0.15) is 6.42 Å². The van der Waals surface area contributed by atoms with Crippen molar-refractivity contribution in [2.45, 2.75) is 13.0 Å². The summed E-state index contributed by atoms with van der Waals surface area (Å²) in [7, 11) is 3.24. The molecule has 0 atom stereocenters. The number of rotatable bonds is 8. The van der Waals surface area contributed by atoms with Crippen molar-refractivity contribution in [2.24, 2.45) is 0 Å². The van der Waals surface area contributed by atoms with Gasteiger partial charge in [-0.05, 0) is 42.9 Å². The van der Waals surface area contributed by atoms with E-state index in [4.69, 9.17) is 21.7 Å². The van der Waals surface area contributed by atoms with Gasteiger partial charge in [-0.3, -0.25) is 14.5 Å². The van der Waals surface area contributed by atoms with Crippen molar-refractivity contribution in [3.8, 4) is 17.1 Å². The minimum Gasteiger partial charge on any atom is -0.497 e. The second-order valence-electron chi connectivity index (χ2n) is 4.86. The Morgan fingerprint density at radius 3 is 2.74 bits per heavy atom. The van der Waals surface area contributed by atoms with E-state index in [0.717, 1.165) is 17.7 Å². The quantitative estimate of drug-likeness (QED) is 0.567. The van der Waals surface area contributed by atoms with Crippen molar-refractivity contribution in [2.75, 3.05) is 27.4 Å². The number of methoxy groups -OCH3 is 2. The fraction of sp³-hybridized carbons (Fsp3) is 0.400. The Morgan fingerprint density at radius 1 is 1.35 bits per heavy atom. The molecule has 2 N–H and O–H groups in total. The number of aromatic amines is 1. The predicted molar refractivity (Wildman–Crippen MR) is 88.9 cm³/mol. The number of carbonyl (C=O) groups excluding carboxylic acids is 1. The zero-order chi connectivity index (χ0) is 16.7. The lowest BCUT2D eigenvalue weighted by Crippen LogP contribution is -2.29. The third-order valence-corrected chi connectivity index (χ3v) is 3.57. The first-order valence-electron chi connectivity index (χ1n) is 7.21. The van der Waals surface area contributed by atoms with Gasteiger partial charge in [0.25, 0.3) is 0 Å². The molecule has 0 saturated carbocycles. The van der Waals surface area contributed by atoms with Crippen molar-refractivity contribution in [1.82, 2.24) is 20.1 Å². The summed E-state index contributed by atoms with van der Waals surface area (Å²) in [6, 6.07) is 7.41. The molecule has 23 heavy (non-hydrogen) atoms. The molecule has 2 aromatic rings. The molecule has 2 rings (SSSR count). The van der Waals surface area contributed by atoms with Crippen LogP contribution in [0.15, 0.2) is 24.3 Å². The maximum atomic E-state index is 12.0. The fourth-order valence-electron chi connectivity index (χ4n) is 2.07. The van der Waals surface area contributed by atoms with Gasteiger partial charge in [-0.25, -0.2) is 0 Å². The highest BCUT2D eigenvalue weighted by molar-refractivity contribution is 7.71. The molecule has 0 saturated heterocycles. The minimum absolute atomic E-state index is 0.115. The van der Waals surface area contributed by atoms with Crippen LogP contribution in [0, 0.1) is 4.77 Å². The summed E-state index contributed by atoms with van der Waals surface area (Å²) in [6.07, 6.45) is 0.768. The van der Waals surface area contributed by atoms with Crippen LogP contribution < -0.4 is 10.1 Å². The maximum absolute atomic E-state index is 12.0. The van der Waals surface area contributed by atoms with Crippen molar-refractivity contribution in [3.05, 3.63) is 29.0 Å². The molecule has 1 aromatic heterocycles. The second-order valence-corrected chi connectivity index (χ2v) is 5.25. The zero-order valence-electron chi connectivity index (χ0n) is 13.2. The highest BCUT2D eigenvalue weighted by Crippen LogP contribution is 2.20. The summed E-state index contributed by atoms with van der Waals surface area (Å²) in [4.78, 5) is 12.0. The highest BCUT2D eigenvalue weighted by atomic mass is 32.1. The Hall–Kier alpha value is -2.19. The van der Waals surface area contributed by atoms with E-state index in [1.165, 1.54) is 0 Å². The molecule has 0 aliphatic carbocycles. The molecular formula is C15H20N4O3S. The summed E-state index contributed by atoms with van der Waals surface area (Å²) >= 11 is 5.21. The number of hydrogen-bond acceptors (Lipinski definition) is 5. The largest absolute Gasteiger partial charge is 0.497 e. The monoisotopic (exact) mass is 336 g/mol. The Balaban J connectivity index is 2.08. The van der Waals surface area contributed by atoms with E-state index in [-0.39, 0.29) is 12.5 Å². The van der Waals surface area contributed by atoms with Crippen molar-refractivity contribution >= 4 is 18.1 Å². The van der Waals surface area contributed by atoms with E-state index in [2.05, 4.69) is 15.5 Å². The normalized spacial score (nSPS) is 10.5. The molecule has 0 radical (unpaired) electrons. The van der Waals surface area contributed by atoms with Crippen molar-refractivity contribution in [1.29, 1.82) is 0 Å². The summed E-state index contributed by atoms with van der Waals surface area (Å²) < 4.78 is 12.2. The highest BCUT2D eigenvalue weighted by Gasteiger charge is 2.12. The smallest absolute Gasteiger partial charge is 0.240 e. The molecule has 1 aromatic carbocycles. The molecular weight excluding hydrogens is 316 g/mol. The summed E-state index contributed by atoms with van der Waals surface area (Å²) in [5.74, 6) is 1.25. The first kappa shape index (κ1) is 17.2. The van der Waals surface area contributed by atoms with Gasteiger partial charge in [-0.2, -0.15) is 5.10 Å². The van der Waals surface area contributed by atoms with Crippen molar-refractivity contribution < 1.29 is 14.3 Å². The minimum atomic E-state index is -0.117. The molecule has 1 heterocycles. The average Bonchev–Trinajstić information content (AvgIpc) is 2.92. The first-order valence-corrected chi connectivity index (χ1v) is 7.61. The first-order chi connectivity index (χ1) is 11.2. The van der Waals surface area contributed by atoms with Gasteiger partial charge >= 0.3 is 0 Å².